The lowest BCUT2D eigenvalue weighted by Gasteiger charge is -2.28. The first-order valence-electron chi connectivity index (χ1n) is 6.56. The molecular formula is C16H18IPS. The van der Waals surface area contributed by atoms with E-state index in [9.17, 15) is 0 Å². The van der Waals surface area contributed by atoms with Crippen molar-refractivity contribution in [2.45, 2.75) is 12.8 Å². The first-order chi connectivity index (χ1) is 8.92. The van der Waals surface area contributed by atoms with Gasteiger partial charge in [0.15, 0.2) is 0 Å². The largest absolute Gasteiger partial charge is 1.00 e. The van der Waals surface area contributed by atoms with Crippen molar-refractivity contribution in [3.8, 4) is 0 Å². The second-order valence-corrected chi connectivity index (χ2v) is 10.9. The molecule has 1 fully saturated rings. The minimum absolute atomic E-state index is 0. The summed E-state index contributed by atoms with van der Waals surface area (Å²) in [5.74, 6) is 1.32. The van der Waals surface area contributed by atoms with Gasteiger partial charge in [0.25, 0.3) is 0 Å². The normalized spacial score (nSPS) is 17.5. The van der Waals surface area contributed by atoms with Crippen LogP contribution in [-0.2, 0) is 0 Å². The van der Waals surface area contributed by atoms with Gasteiger partial charge in [-0.15, -0.1) is 0 Å². The molecule has 0 bridgehead atoms. The Hall–Kier alpha value is -0.0500. The molecule has 19 heavy (non-hydrogen) atoms. The summed E-state index contributed by atoms with van der Waals surface area (Å²) in [6.45, 7) is -1.18. The maximum absolute atomic E-state index is 2.33. The van der Waals surface area contributed by atoms with Gasteiger partial charge < -0.3 is 24.0 Å². The summed E-state index contributed by atoms with van der Waals surface area (Å²) in [5.41, 5.74) is 0. The molecule has 2 aromatic carbocycles. The Balaban J connectivity index is 0.00000133. The van der Waals surface area contributed by atoms with Crippen molar-refractivity contribution in [3.05, 3.63) is 60.7 Å². The smallest absolute Gasteiger partial charge is 0.138 e. The molecule has 1 saturated heterocycles. The zero-order valence-corrected chi connectivity index (χ0v) is 14.7. The highest BCUT2D eigenvalue weighted by atomic mass is 127. The van der Waals surface area contributed by atoms with Gasteiger partial charge in [-0.05, 0) is 37.1 Å². The van der Waals surface area contributed by atoms with Crippen LogP contribution in [0.5, 0.6) is 0 Å². The Morgan fingerprint density at radius 2 is 1.26 bits per heavy atom. The van der Waals surface area contributed by atoms with Gasteiger partial charge in [-0.25, -0.2) is 0 Å². The highest BCUT2D eigenvalue weighted by molar-refractivity contribution is 8.67. The number of rotatable bonds is 2. The van der Waals surface area contributed by atoms with Gasteiger partial charge in [-0.3, -0.25) is 0 Å². The van der Waals surface area contributed by atoms with Gasteiger partial charge in [-0.1, -0.05) is 36.4 Å². The van der Waals surface area contributed by atoms with Crippen LogP contribution in [0, 0.1) is 0 Å². The van der Waals surface area contributed by atoms with Gasteiger partial charge in [0.1, 0.15) is 17.1 Å². The van der Waals surface area contributed by atoms with Crippen LogP contribution in [0.3, 0.4) is 0 Å². The van der Waals surface area contributed by atoms with Gasteiger partial charge in [0.05, 0.1) is 6.16 Å². The average molecular weight is 400 g/mol. The molecule has 0 nitrogen and oxygen atoms in total. The van der Waals surface area contributed by atoms with Crippen LogP contribution in [0.4, 0.5) is 0 Å². The molecule has 0 radical (unpaired) electrons. The predicted octanol–water partition coefficient (Wildman–Crippen LogP) is 1.10. The zero-order chi connectivity index (χ0) is 12.3. The summed E-state index contributed by atoms with van der Waals surface area (Å²) >= 11 is 2.23. The molecule has 0 atom stereocenters. The van der Waals surface area contributed by atoms with E-state index in [4.69, 9.17) is 0 Å². The van der Waals surface area contributed by atoms with E-state index in [1.54, 1.807) is 10.6 Å². The minimum atomic E-state index is -1.18. The molecule has 1 heterocycles. The van der Waals surface area contributed by atoms with E-state index in [2.05, 4.69) is 72.0 Å². The highest BCUT2D eigenvalue weighted by Crippen LogP contribution is 2.70. The number of benzene rings is 2. The fourth-order valence-electron chi connectivity index (χ4n) is 2.62. The van der Waals surface area contributed by atoms with Crippen LogP contribution in [0.15, 0.2) is 60.7 Å². The fraction of sp³-hybridized carbons (Fsp3) is 0.250. The van der Waals surface area contributed by atoms with E-state index in [-0.39, 0.29) is 24.0 Å². The molecule has 0 saturated carbocycles. The second-order valence-electron chi connectivity index (χ2n) is 4.67. The lowest BCUT2D eigenvalue weighted by atomic mass is 10.4. The Bertz CT molecular complexity index is 453. The van der Waals surface area contributed by atoms with Crippen molar-refractivity contribution in [1.29, 1.82) is 0 Å². The van der Waals surface area contributed by atoms with Crippen molar-refractivity contribution < 1.29 is 24.0 Å². The number of hydrogen-bond acceptors (Lipinski definition) is 1. The van der Waals surface area contributed by atoms with Gasteiger partial charge in [-0.2, -0.15) is 0 Å². The maximum atomic E-state index is 2.33. The number of halogens is 1. The summed E-state index contributed by atoms with van der Waals surface area (Å²) in [6.07, 6.45) is 4.13. The van der Waals surface area contributed by atoms with Crippen LogP contribution < -0.4 is 34.6 Å². The van der Waals surface area contributed by atoms with Crippen LogP contribution in [0.25, 0.3) is 0 Å². The third-order valence-corrected chi connectivity index (χ3v) is 11.3. The lowest BCUT2D eigenvalue weighted by Crippen LogP contribution is -3.00. The van der Waals surface area contributed by atoms with Crippen LogP contribution in [0.1, 0.15) is 12.8 Å². The van der Waals surface area contributed by atoms with E-state index in [0.29, 0.717) is 0 Å². The van der Waals surface area contributed by atoms with Gasteiger partial charge in [0.2, 0.25) is 0 Å². The molecule has 0 aliphatic carbocycles. The zero-order valence-electron chi connectivity index (χ0n) is 10.8. The van der Waals surface area contributed by atoms with Crippen molar-refractivity contribution in [3.63, 3.8) is 0 Å². The molecule has 1 aliphatic rings. The second kappa shape index (κ2) is 7.10. The standard InChI is InChI=1S/C16H18PS.HI/c1-3-9-15(10-4-1)17(13-7-8-14-18-17)16-11-5-2-6-12-16;/h1-6,9-12H,7-8,13-14H2;1H/q+1;/p-1. The van der Waals surface area contributed by atoms with E-state index < -0.39 is 6.46 Å². The topological polar surface area (TPSA) is 0 Å². The summed E-state index contributed by atoms with van der Waals surface area (Å²) < 4.78 is 0. The van der Waals surface area contributed by atoms with Crippen LogP contribution in [0.2, 0.25) is 0 Å². The van der Waals surface area contributed by atoms with Gasteiger partial charge in [0, 0.05) is 17.1 Å². The lowest BCUT2D eigenvalue weighted by molar-refractivity contribution is -0.00000342. The third-order valence-electron chi connectivity index (χ3n) is 3.53. The van der Waals surface area contributed by atoms with E-state index in [1.807, 2.05) is 0 Å². The SMILES string of the molecule is [I-].c1ccc([P+]2(c3ccccc3)CCCCS2)cc1. The van der Waals surface area contributed by atoms with Crippen LogP contribution >= 0.6 is 17.8 Å². The van der Waals surface area contributed by atoms with Crippen molar-refractivity contribution in [1.82, 2.24) is 0 Å². The van der Waals surface area contributed by atoms with Crippen molar-refractivity contribution >= 4 is 28.5 Å². The third kappa shape index (κ3) is 3.17. The minimum Gasteiger partial charge on any atom is -1.00 e. The molecule has 0 spiro atoms. The summed E-state index contributed by atoms with van der Waals surface area (Å²) in [7, 11) is 0. The van der Waals surface area contributed by atoms with E-state index in [0.717, 1.165) is 0 Å². The molecule has 2 aromatic rings. The molecule has 0 aromatic heterocycles. The Labute approximate surface area is 137 Å². The quantitative estimate of drug-likeness (QED) is 0.538. The maximum Gasteiger partial charge on any atom is 0.138 e. The average Bonchev–Trinajstić information content (AvgIpc) is 2.50. The fourth-order valence-corrected chi connectivity index (χ4v) is 10.2. The van der Waals surface area contributed by atoms with Crippen molar-refractivity contribution in [2.24, 2.45) is 0 Å². The molecular weight excluding hydrogens is 382 g/mol. The molecule has 0 unspecified atom stereocenters. The molecule has 3 rings (SSSR count). The summed E-state index contributed by atoms with van der Waals surface area (Å²) in [5, 5.41) is 3.14. The van der Waals surface area contributed by atoms with E-state index in [1.165, 1.54) is 24.8 Å². The Kier molecular flexibility index (Phi) is 5.73. The molecule has 0 N–H and O–H groups in total. The first-order valence-corrected chi connectivity index (χ1v) is 10.1. The van der Waals surface area contributed by atoms with Gasteiger partial charge >= 0.3 is 0 Å². The summed E-state index contributed by atoms with van der Waals surface area (Å²) in [4.78, 5) is 0. The van der Waals surface area contributed by atoms with Crippen molar-refractivity contribution in [2.75, 3.05) is 11.9 Å². The monoisotopic (exact) mass is 400 g/mol. The number of hydrogen-bond donors (Lipinski definition) is 0. The van der Waals surface area contributed by atoms with Crippen LogP contribution in [-0.4, -0.2) is 11.9 Å². The molecule has 0 amide bonds. The Morgan fingerprint density at radius 1 is 0.737 bits per heavy atom. The highest BCUT2D eigenvalue weighted by Gasteiger charge is 2.45. The molecule has 1 aliphatic heterocycles. The van der Waals surface area contributed by atoms with E-state index >= 15 is 0 Å². The summed E-state index contributed by atoms with van der Waals surface area (Å²) in [6, 6.07) is 22.3. The predicted molar refractivity (Wildman–Crippen MR) is 85.6 cm³/mol. The Morgan fingerprint density at radius 3 is 1.68 bits per heavy atom. The first kappa shape index (κ1) is 15.3. The molecule has 100 valence electrons. The molecule has 3 heteroatoms.